The summed E-state index contributed by atoms with van der Waals surface area (Å²) in [5.41, 5.74) is 3.40. The first-order valence-electron chi connectivity index (χ1n) is 7.16. The van der Waals surface area contributed by atoms with E-state index in [0.29, 0.717) is 11.4 Å². The number of carbonyl (C=O) groups is 1. The van der Waals surface area contributed by atoms with Crippen molar-refractivity contribution in [3.63, 3.8) is 0 Å². The summed E-state index contributed by atoms with van der Waals surface area (Å²) in [7, 11) is 0. The van der Waals surface area contributed by atoms with Gasteiger partial charge in [0.1, 0.15) is 10.8 Å². The fourth-order valence-corrected chi connectivity index (χ4v) is 3.41. The minimum absolute atomic E-state index is 0.0614. The van der Waals surface area contributed by atoms with E-state index in [4.69, 9.17) is 9.72 Å². The van der Waals surface area contributed by atoms with Gasteiger partial charge in [-0.25, -0.2) is 4.98 Å². The SMILES string of the molecule is Cc1sc(-c2ccccn2)nc1-c1ccc2c(c1)NC(=O)CO2. The number of fused-ring (bicyclic) bond motifs is 1. The second kappa shape index (κ2) is 5.48. The van der Waals surface area contributed by atoms with Gasteiger partial charge in [-0.2, -0.15) is 0 Å². The van der Waals surface area contributed by atoms with Crippen molar-refractivity contribution in [3.8, 4) is 27.7 Å². The molecule has 2 aromatic heterocycles. The number of nitrogens with one attached hydrogen (secondary N) is 1. The summed E-state index contributed by atoms with van der Waals surface area (Å²) in [6.07, 6.45) is 1.76. The molecule has 0 atom stereocenters. The van der Waals surface area contributed by atoms with Crippen LogP contribution in [0.15, 0.2) is 42.6 Å². The van der Waals surface area contributed by atoms with Crippen LogP contribution in [0, 0.1) is 6.92 Å². The highest BCUT2D eigenvalue weighted by molar-refractivity contribution is 7.15. The highest BCUT2D eigenvalue weighted by Gasteiger charge is 2.18. The molecule has 0 saturated heterocycles. The number of benzene rings is 1. The zero-order valence-corrected chi connectivity index (χ0v) is 13.2. The Kier molecular flexibility index (Phi) is 3.31. The Bertz CT molecular complexity index is 890. The predicted octanol–water partition coefficient (Wildman–Crippen LogP) is 3.51. The number of thiazole rings is 1. The van der Waals surface area contributed by atoms with E-state index in [0.717, 1.165) is 26.8 Å². The molecule has 5 nitrogen and oxygen atoms in total. The molecule has 0 bridgehead atoms. The number of hydrogen-bond donors (Lipinski definition) is 1. The van der Waals surface area contributed by atoms with E-state index in [1.165, 1.54) is 0 Å². The number of anilines is 1. The Labute approximate surface area is 137 Å². The van der Waals surface area contributed by atoms with Gasteiger partial charge in [0.05, 0.1) is 17.1 Å². The molecule has 1 aliphatic heterocycles. The monoisotopic (exact) mass is 323 g/mol. The lowest BCUT2D eigenvalue weighted by Crippen LogP contribution is -2.25. The molecular formula is C17H13N3O2S. The van der Waals surface area contributed by atoms with Gasteiger partial charge < -0.3 is 10.1 Å². The minimum Gasteiger partial charge on any atom is -0.482 e. The summed E-state index contributed by atoms with van der Waals surface area (Å²) in [5.74, 6) is 0.546. The highest BCUT2D eigenvalue weighted by Crippen LogP contribution is 2.36. The second-order valence-corrected chi connectivity index (χ2v) is 6.39. The van der Waals surface area contributed by atoms with Crippen LogP contribution in [0.1, 0.15) is 4.88 Å². The maximum Gasteiger partial charge on any atom is 0.262 e. The average Bonchev–Trinajstić information content (AvgIpc) is 2.97. The number of rotatable bonds is 2. The number of carbonyl (C=O) groups excluding carboxylic acids is 1. The molecule has 0 unspecified atom stereocenters. The molecule has 1 N–H and O–H groups in total. The largest absolute Gasteiger partial charge is 0.482 e. The van der Waals surface area contributed by atoms with Crippen LogP contribution < -0.4 is 10.1 Å². The molecule has 1 aromatic carbocycles. The molecule has 6 heteroatoms. The van der Waals surface area contributed by atoms with Gasteiger partial charge in [0.25, 0.3) is 5.91 Å². The number of pyridine rings is 1. The molecule has 114 valence electrons. The summed E-state index contributed by atoms with van der Waals surface area (Å²) in [6, 6.07) is 11.5. The van der Waals surface area contributed by atoms with E-state index in [1.807, 2.05) is 43.3 Å². The van der Waals surface area contributed by atoms with Crippen LogP contribution in [0.4, 0.5) is 5.69 Å². The molecule has 0 radical (unpaired) electrons. The first kappa shape index (κ1) is 13.9. The smallest absolute Gasteiger partial charge is 0.262 e. The Hall–Kier alpha value is -2.73. The van der Waals surface area contributed by atoms with Crippen LogP contribution >= 0.6 is 11.3 Å². The van der Waals surface area contributed by atoms with Gasteiger partial charge in [0.2, 0.25) is 0 Å². The molecule has 0 fully saturated rings. The third-order valence-electron chi connectivity index (χ3n) is 3.57. The van der Waals surface area contributed by atoms with Crippen LogP contribution in [-0.2, 0) is 4.79 Å². The number of aromatic nitrogens is 2. The van der Waals surface area contributed by atoms with Crippen LogP contribution in [-0.4, -0.2) is 22.5 Å². The first-order valence-corrected chi connectivity index (χ1v) is 7.98. The molecule has 0 saturated carbocycles. The molecule has 0 aliphatic carbocycles. The highest BCUT2D eigenvalue weighted by atomic mass is 32.1. The number of hydrogen-bond acceptors (Lipinski definition) is 5. The molecule has 1 aliphatic rings. The van der Waals surface area contributed by atoms with E-state index in [9.17, 15) is 4.79 Å². The average molecular weight is 323 g/mol. The van der Waals surface area contributed by atoms with Crippen molar-refractivity contribution in [3.05, 3.63) is 47.5 Å². The second-order valence-electron chi connectivity index (χ2n) is 5.19. The van der Waals surface area contributed by atoms with Gasteiger partial charge >= 0.3 is 0 Å². The van der Waals surface area contributed by atoms with Gasteiger partial charge in [-0.15, -0.1) is 11.3 Å². The molecule has 23 heavy (non-hydrogen) atoms. The quantitative estimate of drug-likeness (QED) is 0.784. The molecule has 3 heterocycles. The van der Waals surface area contributed by atoms with E-state index in [1.54, 1.807) is 17.5 Å². The standard InChI is InChI=1S/C17H13N3O2S/c1-10-16(20-17(23-10)12-4-2-3-7-18-12)11-5-6-14-13(8-11)19-15(21)9-22-14/h2-8H,9H2,1H3,(H,19,21). The van der Waals surface area contributed by atoms with Crippen molar-refractivity contribution in [1.29, 1.82) is 0 Å². The first-order chi connectivity index (χ1) is 11.2. The van der Waals surface area contributed by atoms with Crippen molar-refractivity contribution in [2.24, 2.45) is 0 Å². The Morgan fingerprint density at radius 3 is 3.00 bits per heavy atom. The minimum atomic E-state index is -0.140. The summed E-state index contributed by atoms with van der Waals surface area (Å²) in [4.78, 5) is 21.6. The zero-order chi connectivity index (χ0) is 15.8. The van der Waals surface area contributed by atoms with Gasteiger partial charge in [-0.3, -0.25) is 9.78 Å². The van der Waals surface area contributed by atoms with Crippen molar-refractivity contribution in [2.45, 2.75) is 6.92 Å². The number of aryl methyl sites for hydroxylation is 1. The fourth-order valence-electron chi connectivity index (χ4n) is 2.49. The van der Waals surface area contributed by atoms with Crippen molar-refractivity contribution < 1.29 is 9.53 Å². The summed E-state index contributed by atoms with van der Waals surface area (Å²) in [6.45, 7) is 2.10. The lowest BCUT2D eigenvalue weighted by atomic mass is 10.1. The maximum absolute atomic E-state index is 11.5. The van der Waals surface area contributed by atoms with Gasteiger partial charge in [0, 0.05) is 16.6 Å². The van der Waals surface area contributed by atoms with Crippen LogP contribution in [0.5, 0.6) is 5.75 Å². The van der Waals surface area contributed by atoms with E-state index < -0.39 is 0 Å². The van der Waals surface area contributed by atoms with Gasteiger partial charge in [-0.1, -0.05) is 6.07 Å². The lowest BCUT2D eigenvalue weighted by Gasteiger charge is -2.18. The molecule has 1 amide bonds. The van der Waals surface area contributed by atoms with Gasteiger partial charge in [-0.05, 0) is 37.3 Å². The Morgan fingerprint density at radius 1 is 1.26 bits per heavy atom. The normalized spacial score (nSPS) is 13.2. The zero-order valence-electron chi connectivity index (χ0n) is 12.4. The number of nitrogens with zero attached hydrogens (tertiary/aromatic N) is 2. The predicted molar refractivity (Wildman–Crippen MR) is 89.6 cm³/mol. The van der Waals surface area contributed by atoms with E-state index >= 15 is 0 Å². The fraction of sp³-hybridized carbons (Fsp3) is 0.118. The van der Waals surface area contributed by atoms with E-state index in [-0.39, 0.29) is 12.5 Å². The Balaban J connectivity index is 1.75. The summed E-state index contributed by atoms with van der Waals surface area (Å²) in [5, 5.41) is 3.71. The molecule has 4 rings (SSSR count). The summed E-state index contributed by atoms with van der Waals surface area (Å²) < 4.78 is 5.39. The number of amides is 1. The third-order valence-corrected chi connectivity index (χ3v) is 4.56. The van der Waals surface area contributed by atoms with Crippen LogP contribution in [0.25, 0.3) is 22.0 Å². The lowest BCUT2D eigenvalue weighted by molar-refractivity contribution is -0.118. The van der Waals surface area contributed by atoms with Crippen molar-refractivity contribution >= 4 is 22.9 Å². The molecular weight excluding hydrogens is 310 g/mol. The van der Waals surface area contributed by atoms with Crippen molar-refractivity contribution in [2.75, 3.05) is 11.9 Å². The van der Waals surface area contributed by atoms with Gasteiger partial charge in [0.15, 0.2) is 6.61 Å². The molecule has 3 aromatic rings. The van der Waals surface area contributed by atoms with Crippen molar-refractivity contribution in [1.82, 2.24) is 9.97 Å². The maximum atomic E-state index is 11.5. The number of ether oxygens (including phenoxy) is 1. The van der Waals surface area contributed by atoms with E-state index in [2.05, 4.69) is 10.3 Å². The third kappa shape index (κ3) is 2.57. The topological polar surface area (TPSA) is 64.1 Å². The van der Waals surface area contributed by atoms with Crippen LogP contribution in [0.3, 0.4) is 0 Å². The summed E-state index contributed by atoms with van der Waals surface area (Å²) >= 11 is 1.61. The van der Waals surface area contributed by atoms with Crippen LogP contribution in [0.2, 0.25) is 0 Å². The Morgan fingerprint density at radius 2 is 2.17 bits per heavy atom. The molecule has 0 spiro atoms.